The smallest absolute Gasteiger partial charge is 0.233 e. The zero-order valence-corrected chi connectivity index (χ0v) is 21.2. The van der Waals surface area contributed by atoms with Gasteiger partial charge in [0.25, 0.3) is 0 Å². The predicted octanol–water partition coefficient (Wildman–Crippen LogP) is 5.73. The van der Waals surface area contributed by atoms with Crippen LogP contribution in [0.2, 0.25) is 0 Å². The Balaban J connectivity index is 1.64. The molecule has 5 nitrogen and oxygen atoms in total. The molecule has 0 saturated carbocycles. The minimum absolute atomic E-state index is 0.0231. The largest absolute Gasteiger partial charge is 0.370 e. The molecule has 0 heterocycles. The summed E-state index contributed by atoms with van der Waals surface area (Å²) in [6.45, 7) is 7.13. The van der Waals surface area contributed by atoms with E-state index in [4.69, 9.17) is 0 Å². The number of hydrogen-bond acceptors (Lipinski definition) is 4. The first-order valence-electron chi connectivity index (χ1n) is 12.7. The van der Waals surface area contributed by atoms with Crippen molar-refractivity contribution < 1.29 is 14.4 Å². The zero-order valence-electron chi connectivity index (χ0n) is 21.2. The van der Waals surface area contributed by atoms with Crippen LogP contribution in [0.3, 0.4) is 0 Å². The Morgan fingerprint density at radius 2 is 1.49 bits per heavy atom. The summed E-state index contributed by atoms with van der Waals surface area (Å²) in [5, 5.41) is 0. The van der Waals surface area contributed by atoms with Crippen LogP contribution in [-0.2, 0) is 16.0 Å². The Hall–Kier alpha value is -4.25. The number of Topliss-reactive ketones (excluding diaryl/α,β-unsaturated/α-hetero) is 1. The fraction of sp³-hybridized carbons (Fsp3) is 0.219. The predicted molar refractivity (Wildman–Crippen MR) is 148 cm³/mol. The summed E-state index contributed by atoms with van der Waals surface area (Å²) in [5.41, 5.74) is 3.96. The van der Waals surface area contributed by atoms with E-state index >= 15 is 0 Å². The molecule has 0 aliphatic heterocycles. The molecule has 3 aromatic carbocycles. The Morgan fingerprint density at radius 1 is 0.865 bits per heavy atom. The average molecular weight is 493 g/mol. The van der Waals surface area contributed by atoms with E-state index in [0.717, 1.165) is 23.4 Å². The highest BCUT2D eigenvalue weighted by Gasteiger charge is 2.29. The molecule has 188 valence electrons. The van der Waals surface area contributed by atoms with Crippen LogP contribution < -0.4 is 4.90 Å². The van der Waals surface area contributed by atoms with Gasteiger partial charge >= 0.3 is 0 Å². The van der Waals surface area contributed by atoms with Crippen LogP contribution in [0.1, 0.15) is 41.3 Å². The van der Waals surface area contributed by atoms with Crippen molar-refractivity contribution in [2.24, 2.45) is 0 Å². The third-order valence-electron chi connectivity index (χ3n) is 6.70. The Kier molecular flexibility index (Phi) is 8.47. The van der Waals surface area contributed by atoms with Gasteiger partial charge in [-0.05, 0) is 30.5 Å². The molecule has 1 aliphatic rings. The summed E-state index contributed by atoms with van der Waals surface area (Å²) in [5.74, 6) is -0.962. The maximum absolute atomic E-state index is 13.0. The molecule has 0 aromatic heterocycles. The number of ketones is 2. The van der Waals surface area contributed by atoms with E-state index in [-0.39, 0.29) is 11.9 Å². The maximum Gasteiger partial charge on any atom is 0.233 e. The van der Waals surface area contributed by atoms with E-state index in [0.29, 0.717) is 31.5 Å². The lowest BCUT2D eigenvalue weighted by molar-refractivity contribution is -0.118. The Morgan fingerprint density at radius 3 is 2.14 bits per heavy atom. The number of carbonyl (C=O) groups excluding carboxylic acids is 3. The molecule has 0 bridgehead atoms. The van der Waals surface area contributed by atoms with Crippen molar-refractivity contribution in [1.29, 1.82) is 0 Å². The number of benzene rings is 3. The first-order chi connectivity index (χ1) is 18.0. The summed E-state index contributed by atoms with van der Waals surface area (Å²) in [4.78, 5) is 42.1. The first kappa shape index (κ1) is 25.8. The van der Waals surface area contributed by atoms with Gasteiger partial charge in [0, 0.05) is 48.1 Å². The lowest BCUT2D eigenvalue weighted by Gasteiger charge is -2.34. The second kappa shape index (κ2) is 12.1. The van der Waals surface area contributed by atoms with E-state index < -0.39 is 11.6 Å². The second-order valence-electron chi connectivity index (χ2n) is 9.04. The highest BCUT2D eigenvalue weighted by molar-refractivity contribution is 6.50. The van der Waals surface area contributed by atoms with E-state index in [1.807, 2.05) is 73.7 Å². The van der Waals surface area contributed by atoms with Crippen LogP contribution in [-0.4, -0.2) is 41.5 Å². The van der Waals surface area contributed by atoms with Crippen LogP contribution in [0.25, 0.3) is 5.70 Å². The molecule has 1 unspecified atom stereocenters. The molecular weight excluding hydrogens is 460 g/mol. The molecule has 0 spiro atoms. The van der Waals surface area contributed by atoms with E-state index in [1.54, 1.807) is 17.0 Å². The van der Waals surface area contributed by atoms with Crippen LogP contribution in [0.5, 0.6) is 0 Å². The van der Waals surface area contributed by atoms with Gasteiger partial charge < -0.3 is 9.80 Å². The number of anilines is 1. The molecule has 4 rings (SSSR count). The fourth-order valence-corrected chi connectivity index (χ4v) is 4.75. The minimum Gasteiger partial charge on any atom is -0.370 e. The van der Waals surface area contributed by atoms with Crippen LogP contribution in [0, 0.1) is 0 Å². The van der Waals surface area contributed by atoms with Crippen molar-refractivity contribution in [2.75, 3.05) is 18.0 Å². The number of carbonyl (C=O) groups is 3. The molecule has 0 radical (unpaired) electrons. The van der Waals surface area contributed by atoms with Gasteiger partial charge in [-0.3, -0.25) is 14.4 Å². The summed E-state index contributed by atoms with van der Waals surface area (Å²) in [6.07, 6.45) is 5.04. The second-order valence-corrected chi connectivity index (χ2v) is 9.04. The van der Waals surface area contributed by atoms with Gasteiger partial charge in [0.05, 0.1) is 6.04 Å². The van der Waals surface area contributed by atoms with Crippen molar-refractivity contribution in [1.82, 2.24) is 4.90 Å². The quantitative estimate of drug-likeness (QED) is 0.254. The molecule has 3 aromatic rings. The summed E-state index contributed by atoms with van der Waals surface area (Å²) in [7, 11) is 0. The molecule has 5 heteroatoms. The number of allylic oxidation sites excluding steroid dienone is 1. The molecule has 1 amide bonds. The summed E-state index contributed by atoms with van der Waals surface area (Å²) >= 11 is 0. The number of fused-ring (bicyclic) bond motifs is 1. The van der Waals surface area contributed by atoms with Crippen LogP contribution in [0.4, 0.5) is 5.69 Å². The van der Waals surface area contributed by atoms with Gasteiger partial charge in [-0.2, -0.15) is 0 Å². The van der Waals surface area contributed by atoms with Gasteiger partial charge in [-0.15, -0.1) is 6.58 Å². The van der Waals surface area contributed by atoms with E-state index in [2.05, 4.69) is 23.6 Å². The zero-order chi connectivity index (χ0) is 26.2. The normalized spacial score (nSPS) is 13.4. The van der Waals surface area contributed by atoms with Gasteiger partial charge in [0.1, 0.15) is 0 Å². The van der Waals surface area contributed by atoms with Crippen molar-refractivity contribution in [3.05, 3.63) is 120 Å². The van der Waals surface area contributed by atoms with Crippen molar-refractivity contribution in [3.8, 4) is 0 Å². The topological polar surface area (TPSA) is 57.7 Å². The maximum atomic E-state index is 13.0. The first-order valence-corrected chi connectivity index (χ1v) is 12.7. The molecule has 0 saturated heterocycles. The van der Waals surface area contributed by atoms with Gasteiger partial charge in [0.15, 0.2) is 0 Å². The number of nitrogens with zero attached hydrogens (tertiary/aromatic N) is 2. The SMILES string of the molecule is C=CC(CCN(CCc1ccccc1)C1=CC(=O)C(=O)c2ccccc21)N(C(=O)CC)c1ccccc1. The summed E-state index contributed by atoms with van der Waals surface area (Å²) in [6, 6.07) is 26.8. The fourth-order valence-electron chi connectivity index (χ4n) is 4.75. The Bertz CT molecular complexity index is 1300. The van der Waals surface area contributed by atoms with Crippen LogP contribution >= 0.6 is 0 Å². The average Bonchev–Trinajstić information content (AvgIpc) is 2.95. The van der Waals surface area contributed by atoms with Crippen molar-refractivity contribution in [3.63, 3.8) is 0 Å². The third kappa shape index (κ3) is 5.95. The van der Waals surface area contributed by atoms with Crippen molar-refractivity contribution >= 4 is 28.9 Å². The van der Waals surface area contributed by atoms with Gasteiger partial charge in [-0.1, -0.05) is 85.8 Å². The van der Waals surface area contributed by atoms with E-state index in [9.17, 15) is 14.4 Å². The highest BCUT2D eigenvalue weighted by Crippen LogP contribution is 2.29. The summed E-state index contributed by atoms with van der Waals surface area (Å²) < 4.78 is 0. The van der Waals surface area contributed by atoms with Crippen molar-refractivity contribution in [2.45, 2.75) is 32.2 Å². The molecular formula is C32H32N2O3. The monoisotopic (exact) mass is 492 g/mol. The lowest BCUT2D eigenvalue weighted by atomic mass is 9.91. The molecule has 1 atom stereocenters. The number of amides is 1. The minimum atomic E-state index is -0.509. The molecule has 0 N–H and O–H groups in total. The highest BCUT2D eigenvalue weighted by atomic mass is 16.2. The third-order valence-corrected chi connectivity index (χ3v) is 6.70. The Labute approximate surface area is 218 Å². The number of hydrogen-bond donors (Lipinski definition) is 0. The van der Waals surface area contributed by atoms with Crippen LogP contribution in [0.15, 0.2) is 104 Å². The molecule has 37 heavy (non-hydrogen) atoms. The molecule has 0 fully saturated rings. The standard InChI is InChI=1S/C32H32N2O3/c1-3-25(34(31(36)4-2)26-15-9-6-10-16-26)20-22-33(21-19-24-13-7-5-8-14-24)29-23-30(35)32(37)28-18-12-11-17-27(28)29/h3,5-18,23,25H,1,4,19-22H2,2H3. The molecule has 1 aliphatic carbocycles. The number of rotatable bonds is 11. The van der Waals surface area contributed by atoms with E-state index in [1.165, 1.54) is 11.6 Å². The van der Waals surface area contributed by atoms with Gasteiger partial charge in [-0.25, -0.2) is 0 Å². The lowest BCUT2D eigenvalue weighted by Crippen LogP contribution is -2.41. The van der Waals surface area contributed by atoms with Gasteiger partial charge in [0.2, 0.25) is 17.5 Å². The number of para-hydroxylation sites is 1.